The monoisotopic (exact) mass is 303 g/mol. The zero-order valence-electron chi connectivity index (χ0n) is 13.6. The van der Waals surface area contributed by atoms with Gasteiger partial charge in [0.25, 0.3) is 0 Å². The molecule has 1 aliphatic heterocycles. The fourth-order valence-electron chi connectivity index (χ4n) is 4.51. The Bertz CT molecular complexity index is 522. The zero-order valence-corrected chi connectivity index (χ0v) is 13.6. The Balaban J connectivity index is 0.000000134. The number of carbonyl (C=O) groups is 1. The van der Waals surface area contributed by atoms with Crippen molar-refractivity contribution in [2.45, 2.75) is 25.3 Å². The lowest BCUT2D eigenvalue weighted by atomic mass is 9.84. The van der Waals surface area contributed by atoms with Gasteiger partial charge in [-0.15, -0.1) is 0 Å². The van der Waals surface area contributed by atoms with E-state index >= 15 is 0 Å². The van der Waals surface area contributed by atoms with Crippen molar-refractivity contribution in [2.24, 2.45) is 17.8 Å². The standard InChI is InChI=1S/C10H15NO.C8H10O2/c1-11-3-2-7-6-4-8(10(7)11)9(12)5-6;1-9-7-5-3-4-6-8(7)10-2/h6-8,10H,2-5H2,1H3;3-6H,1-2H3. The van der Waals surface area contributed by atoms with Gasteiger partial charge in [-0.1, -0.05) is 12.1 Å². The number of nitrogens with zero attached hydrogens (tertiary/aromatic N) is 1. The molecule has 1 aromatic carbocycles. The number of methoxy groups -OCH3 is 2. The molecule has 4 heteroatoms. The Morgan fingerprint density at radius 2 is 1.77 bits per heavy atom. The first-order valence-electron chi connectivity index (χ1n) is 8.05. The highest BCUT2D eigenvalue weighted by Crippen LogP contribution is 2.52. The zero-order chi connectivity index (χ0) is 15.7. The van der Waals surface area contributed by atoms with Gasteiger partial charge in [-0.25, -0.2) is 0 Å². The van der Waals surface area contributed by atoms with Crippen molar-refractivity contribution >= 4 is 5.78 Å². The quantitative estimate of drug-likeness (QED) is 0.842. The lowest BCUT2D eigenvalue weighted by Crippen LogP contribution is -2.38. The van der Waals surface area contributed by atoms with E-state index in [2.05, 4.69) is 11.9 Å². The van der Waals surface area contributed by atoms with E-state index in [-0.39, 0.29) is 0 Å². The number of benzene rings is 1. The number of carbonyl (C=O) groups excluding carboxylic acids is 1. The summed E-state index contributed by atoms with van der Waals surface area (Å²) in [5.41, 5.74) is 0. The second-order valence-electron chi connectivity index (χ2n) is 6.55. The molecule has 0 amide bonds. The van der Waals surface area contributed by atoms with Gasteiger partial charge in [0.15, 0.2) is 11.5 Å². The highest BCUT2D eigenvalue weighted by atomic mass is 16.5. The summed E-state index contributed by atoms with van der Waals surface area (Å²) in [6.45, 7) is 1.22. The van der Waals surface area contributed by atoms with Gasteiger partial charge in [-0.3, -0.25) is 4.79 Å². The van der Waals surface area contributed by atoms with E-state index in [1.807, 2.05) is 24.3 Å². The molecule has 0 N–H and O–H groups in total. The second-order valence-corrected chi connectivity index (χ2v) is 6.55. The van der Waals surface area contributed by atoms with Crippen molar-refractivity contribution < 1.29 is 14.3 Å². The molecule has 4 atom stereocenters. The Labute approximate surface area is 132 Å². The van der Waals surface area contributed by atoms with Crippen LogP contribution < -0.4 is 9.47 Å². The lowest BCUT2D eigenvalue weighted by Gasteiger charge is -2.27. The SMILES string of the molecule is CN1CCC2C3CC(=O)C(C3)C21.COc1ccccc1OC. The summed E-state index contributed by atoms with van der Waals surface area (Å²) in [7, 11) is 5.42. The summed E-state index contributed by atoms with van der Waals surface area (Å²) in [4.78, 5) is 13.9. The molecule has 3 aliphatic rings. The van der Waals surface area contributed by atoms with Crippen molar-refractivity contribution in [3.8, 4) is 11.5 Å². The third-order valence-corrected chi connectivity index (χ3v) is 5.50. The molecule has 2 aliphatic carbocycles. The average molecular weight is 303 g/mol. The normalized spacial score (nSPS) is 32.4. The van der Waals surface area contributed by atoms with Gasteiger partial charge >= 0.3 is 0 Å². The molecule has 0 radical (unpaired) electrons. The Hall–Kier alpha value is -1.55. The van der Waals surface area contributed by atoms with Crippen LogP contribution in [0, 0.1) is 17.8 Å². The average Bonchev–Trinajstić information content (AvgIpc) is 3.21. The number of likely N-dealkylation sites (tertiary alicyclic amines) is 1. The molecule has 2 saturated carbocycles. The fourth-order valence-corrected chi connectivity index (χ4v) is 4.51. The molecule has 22 heavy (non-hydrogen) atoms. The summed E-state index contributed by atoms with van der Waals surface area (Å²) in [6, 6.07) is 8.16. The van der Waals surface area contributed by atoms with Gasteiger partial charge in [0.05, 0.1) is 14.2 Å². The summed E-state index contributed by atoms with van der Waals surface area (Å²) in [5.74, 6) is 4.15. The first-order valence-corrected chi connectivity index (χ1v) is 8.05. The Kier molecular flexibility index (Phi) is 4.39. The fraction of sp³-hybridized carbons (Fsp3) is 0.611. The van der Waals surface area contributed by atoms with Gasteiger partial charge in [0.2, 0.25) is 0 Å². The second kappa shape index (κ2) is 6.29. The maximum absolute atomic E-state index is 11.5. The van der Waals surface area contributed by atoms with Crippen LogP contribution in [0.25, 0.3) is 0 Å². The van der Waals surface area contributed by atoms with Crippen LogP contribution in [-0.4, -0.2) is 44.5 Å². The van der Waals surface area contributed by atoms with Crippen molar-refractivity contribution in [3.63, 3.8) is 0 Å². The largest absolute Gasteiger partial charge is 0.493 e. The van der Waals surface area contributed by atoms with Crippen LogP contribution in [0.15, 0.2) is 24.3 Å². The highest BCUT2D eigenvalue weighted by molar-refractivity contribution is 5.85. The van der Waals surface area contributed by atoms with Crippen molar-refractivity contribution in [1.82, 2.24) is 4.90 Å². The van der Waals surface area contributed by atoms with Crippen LogP contribution in [0.1, 0.15) is 19.3 Å². The highest BCUT2D eigenvalue weighted by Gasteiger charge is 2.55. The maximum atomic E-state index is 11.5. The molecule has 4 nitrogen and oxygen atoms in total. The van der Waals surface area contributed by atoms with Crippen LogP contribution in [0.5, 0.6) is 11.5 Å². The van der Waals surface area contributed by atoms with Gasteiger partial charge in [-0.05, 0) is 50.4 Å². The van der Waals surface area contributed by atoms with Crippen molar-refractivity contribution in [2.75, 3.05) is 27.8 Å². The van der Waals surface area contributed by atoms with E-state index in [0.29, 0.717) is 17.7 Å². The van der Waals surface area contributed by atoms with Gasteiger partial charge in [0, 0.05) is 18.4 Å². The van der Waals surface area contributed by atoms with Gasteiger partial charge in [0.1, 0.15) is 5.78 Å². The van der Waals surface area contributed by atoms with Gasteiger partial charge in [-0.2, -0.15) is 0 Å². The molecule has 0 aromatic heterocycles. The number of para-hydroxylation sites is 2. The number of fused-ring (bicyclic) bond motifs is 5. The van der Waals surface area contributed by atoms with Crippen LogP contribution in [0.4, 0.5) is 0 Å². The molecule has 4 unspecified atom stereocenters. The van der Waals surface area contributed by atoms with Crippen LogP contribution >= 0.6 is 0 Å². The molecule has 1 heterocycles. The van der Waals surface area contributed by atoms with E-state index in [0.717, 1.165) is 29.8 Å². The van der Waals surface area contributed by atoms with Crippen LogP contribution in [-0.2, 0) is 4.79 Å². The number of ketones is 1. The predicted octanol–water partition coefficient (Wildman–Crippen LogP) is 2.62. The molecule has 120 valence electrons. The summed E-state index contributed by atoms with van der Waals surface area (Å²) in [6.07, 6.45) is 3.45. The minimum Gasteiger partial charge on any atom is -0.493 e. The summed E-state index contributed by atoms with van der Waals surface area (Å²) < 4.78 is 10.0. The summed E-state index contributed by atoms with van der Waals surface area (Å²) in [5, 5.41) is 0. The first-order chi connectivity index (χ1) is 10.7. The number of hydrogen-bond acceptors (Lipinski definition) is 4. The minimum absolute atomic E-state index is 0.424. The van der Waals surface area contributed by atoms with Gasteiger partial charge < -0.3 is 14.4 Å². The maximum Gasteiger partial charge on any atom is 0.160 e. The van der Waals surface area contributed by atoms with Crippen LogP contribution in [0.3, 0.4) is 0 Å². The Morgan fingerprint density at radius 3 is 2.36 bits per heavy atom. The molecule has 2 bridgehead atoms. The number of ether oxygens (including phenoxy) is 2. The summed E-state index contributed by atoms with van der Waals surface area (Å²) >= 11 is 0. The number of Topliss-reactive ketones (excluding diaryl/α,β-unsaturated/α-hetero) is 1. The third-order valence-electron chi connectivity index (χ3n) is 5.50. The topological polar surface area (TPSA) is 38.8 Å². The molecule has 4 rings (SSSR count). The Morgan fingerprint density at radius 1 is 1.14 bits per heavy atom. The van der Waals surface area contributed by atoms with Crippen molar-refractivity contribution in [3.05, 3.63) is 24.3 Å². The molecule has 1 aromatic rings. The third kappa shape index (κ3) is 2.60. The number of rotatable bonds is 2. The van der Waals surface area contributed by atoms with Crippen LogP contribution in [0.2, 0.25) is 0 Å². The molecule has 0 spiro atoms. The van der Waals surface area contributed by atoms with E-state index in [4.69, 9.17) is 9.47 Å². The predicted molar refractivity (Wildman–Crippen MR) is 85.3 cm³/mol. The van der Waals surface area contributed by atoms with E-state index in [9.17, 15) is 4.79 Å². The smallest absolute Gasteiger partial charge is 0.160 e. The van der Waals surface area contributed by atoms with E-state index < -0.39 is 0 Å². The van der Waals surface area contributed by atoms with E-state index in [1.54, 1.807) is 14.2 Å². The first kappa shape index (κ1) is 15.3. The molecular formula is C18H25NO3. The molecule has 3 fully saturated rings. The van der Waals surface area contributed by atoms with E-state index in [1.165, 1.54) is 19.4 Å². The van der Waals surface area contributed by atoms with Crippen molar-refractivity contribution in [1.29, 1.82) is 0 Å². The molecule has 1 saturated heterocycles. The minimum atomic E-state index is 0.424. The molecular weight excluding hydrogens is 278 g/mol. The lowest BCUT2D eigenvalue weighted by molar-refractivity contribution is -0.123. The number of hydrogen-bond donors (Lipinski definition) is 0.